The number of H-pyrrole nitrogens is 1. The zero-order valence-electron chi connectivity index (χ0n) is 12.1. The van der Waals surface area contributed by atoms with E-state index in [9.17, 15) is 4.79 Å². The molecule has 0 bridgehead atoms. The quantitative estimate of drug-likeness (QED) is 0.651. The molecule has 1 aliphatic carbocycles. The average Bonchev–Trinajstić information content (AvgIpc) is 2.54. The van der Waals surface area contributed by atoms with Crippen molar-refractivity contribution in [1.29, 1.82) is 5.41 Å². The van der Waals surface area contributed by atoms with Crippen LogP contribution in [0, 0.1) is 5.41 Å². The molecular formula is C17H17ClN2OS. The second-order valence-electron chi connectivity index (χ2n) is 5.39. The van der Waals surface area contributed by atoms with Gasteiger partial charge in [0, 0.05) is 17.0 Å². The molecule has 0 amide bonds. The second kappa shape index (κ2) is 6.71. The predicted octanol–water partition coefficient (Wildman–Crippen LogP) is 4.20. The van der Waals surface area contributed by atoms with Gasteiger partial charge in [-0.15, -0.1) is 11.8 Å². The Morgan fingerprint density at radius 3 is 2.68 bits per heavy atom. The smallest absolute Gasteiger partial charge is 0.257 e. The molecule has 5 heteroatoms. The van der Waals surface area contributed by atoms with Crippen molar-refractivity contribution in [2.75, 3.05) is 0 Å². The zero-order chi connectivity index (χ0) is 15.5. The molecule has 114 valence electrons. The summed E-state index contributed by atoms with van der Waals surface area (Å²) in [6, 6.07) is 7.77. The number of hydrogen-bond acceptors (Lipinski definition) is 3. The zero-order valence-corrected chi connectivity index (χ0v) is 13.7. The van der Waals surface area contributed by atoms with Crippen molar-refractivity contribution < 1.29 is 0 Å². The van der Waals surface area contributed by atoms with Crippen LogP contribution in [0.2, 0.25) is 5.02 Å². The Labute approximate surface area is 138 Å². The maximum Gasteiger partial charge on any atom is 0.257 e. The monoisotopic (exact) mass is 332 g/mol. The highest BCUT2D eigenvalue weighted by Gasteiger charge is 2.19. The molecule has 0 spiro atoms. The predicted molar refractivity (Wildman–Crippen MR) is 92.6 cm³/mol. The summed E-state index contributed by atoms with van der Waals surface area (Å²) in [4.78, 5) is 15.1. The molecule has 0 saturated heterocycles. The van der Waals surface area contributed by atoms with Crippen LogP contribution < -0.4 is 5.56 Å². The van der Waals surface area contributed by atoms with Gasteiger partial charge in [-0.25, -0.2) is 0 Å². The van der Waals surface area contributed by atoms with Crippen molar-refractivity contribution in [2.24, 2.45) is 0 Å². The minimum absolute atomic E-state index is 0.155. The minimum atomic E-state index is -0.155. The van der Waals surface area contributed by atoms with Gasteiger partial charge in [0.25, 0.3) is 5.56 Å². The molecule has 0 fully saturated rings. The van der Waals surface area contributed by atoms with Crippen LogP contribution in [0.15, 0.2) is 34.1 Å². The Kier molecular flexibility index (Phi) is 4.69. The number of pyridine rings is 1. The molecule has 0 aliphatic heterocycles. The van der Waals surface area contributed by atoms with Crippen molar-refractivity contribution in [3.63, 3.8) is 0 Å². The molecule has 0 saturated carbocycles. The first-order valence-electron chi connectivity index (χ1n) is 7.35. The highest BCUT2D eigenvalue weighted by Crippen LogP contribution is 2.32. The number of hydrogen-bond donors (Lipinski definition) is 2. The van der Waals surface area contributed by atoms with Crippen LogP contribution in [0.3, 0.4) is 0 Å². The Bertz CT molecular complexity index is 770. The largest absolute Gasteiger partial charge is 0.316 e. The highest BCUT2D eigenvalue weighted by atomic mass is 35.5. The van der Waals surface area contributed by atoms with Crippen LogP contribution in [0.5, 0.6) is 0 Å². The molecule has 1 heterocycles. The van der Waals surface area contributed by atoms with Gasteiger partial charge < -0.3 is 10.4 Å². The first kappa shape index (κ1) is 15.4. The standard InChI is InChI=1S/C17H17ClN2OS/c18-15-8-4-1-5-11(15)10-22-17-13-7-3-2-6-12(13)14(9-19)16(21)20-17/h1,4-5,8-9,19H,2-3,6-7,10H2,(H,20,21). The van der Waals surface area contributed by atoms with Gasteiger partial charge in [-0.05, 0) is 48.4 Å². The topological polar surface area (TPSA) is 56.7 Å². The average molecular weight is 333 g/mol. The lowest BCUT2D eigenvalue weighted by Gasteiger charge is -2.20. The molecule has 22 heavy (non-hydrogen) atoms. The summed E-state index contributed by atoms with van der Waals surface area (Å²) in [6.45, 7) is 0. The Balaban J connectivity index is 1.94. The number of aromatic amines is 1. The number of rotatable bonds is 4. The van der Waals surface area contributed by atoms with Gasteiger partial charge in [-0.2, -0.15) is 0 Å². The van der Waals surface area contributed by atoms with E-state index in [2.05, 4.69) is 4.98 Å². The molecule has 0 radical (unpaired) electrons. The number of thioether (sulfide) groups is 1. The fraction of sp³-hybridized carbons (Fsp3) is 0.294. The summed E-state index contributed by atoms with van der Waals surface area (Å²) in [7, 11) is 0. The van der Waals surface area contributed by atoms with Crippen molar-refractivity contribution >= 4 is 29.6 Å². The maximum absolute atomic E-state index is 12.2. The van der Waals surface area contributed by atoms with Gasteiger partial charge in [0.2, 0.25) is 0 Å². The third-order valence-electron chi connectivity index (χ3n) is 4.01. The maximum atomic E-state index is 12.2. The van der Waals surface area contributed by atoms with Gasteiger partial charge in [0.15, 0.2) is 0 Å². The lowest BCUT2D eigenvalue weighted by Crippen LogP contribution is -2.21. The van der Waals surface area contributed by atoms with Crippen LogP contribution in [0.1, 0.15) is 35.1 Å². The van der Waals surface area contributed by atoms with Crippen molar-refractivity contribution in [1.82, 2.24) is 4.98 Å². The Morgan fingerprint density at radius 1 is 1.23 bits per heavy atom. The van der Waals surface area contributed by atoms with E-state index in [1.807, 2.05) is 24.3 Å². The molecular weight excluding hydrogens is 316 g/mol. The molecule has 2 N–H and O–H groups in total. The van der Waals surface area contributed by atoms with Crippen molar-refractivity contribution in [3.8, 4) is 0 Å². The van der Waals surface area contributed by atoms with E-state index in [4.69, 9.17) is 17.0 Å². The second-order valence-corrected chi connectivity index (χ2v) is 6.78. The molecule has 0 atom stereocenters. The van der Waals surface area contributed by atoms with Crippen LogP contribution in [-0.4, -0.2) is 11.2 Å². The first-order chi connectivity index (χ1) is 10.7. The van der Waals surface area contributed by atoms with E-state index in [1.165, 1.54) is 11.8 Å². The van der Waals surface area contributed by atoms with E-state index in [0.717, 1.165) is 52.6 Å². The molecule has 1 aromatic carbocycles. The minimum Gasteiger partial charge on any atom is -0.316 e. The number of fused-ring (bicyclic) bond motifs is 1. The van der Waals surface area contributed by atoms with E-state index in [1.54, 1.807) is 11.8 Å². The summed E-state index contributed by atoms with van der Waals surface area (Å²) in [5, 5.41) is 9.18. The highest BCUT2D eigenvalue weighted by molar-refractivity contribution is 7.98. The summed E-state index contributed by atoms with van der Waals surface area (Å²) in [6.07, 6.45) is 5.27. The summed E-state index contributed by atoms with van der Waals surface area (Å²) in [5.41, 5.74) is 3.71. The molecule has 3 nitrogen and oxygen atoms in total. The number of nitrogens with one attached hydrogen (secondary N) is 2. The molecule has 2 aromatic rings. The van der Waals surface area contributed by atoms with Crippen molar-refractivity contribution in [2.45, 2.75) is 36.5 Å². The van der Waals surface area contributed by atoms with Gasteiger partial charge in [0.05, 0.1) is 10.6 Å². The lowest BCUT2D eigenvalue weighted by atomic mass is 9.90. The third-order valence-corrected chi connectivity index (χ3v) is 5.47. The van der Waals surface area contributed by atoms with Crippen LogP contribution >= 0.6 is 23.4 Å². The van der Waals surface area contributed by atoms with Crippen LogP contribution in [0.4, 0.5) is 0 Å². The Morgan fingerprint density at radius 2 is 1.95 bits per heavy atom. The van der Waals surface area contributed by atoms with E-state index in [0.29, 0.717) is 5.56 Å². The van der Waals surface area contributed by atoms with Gasteiger partial charge in [-0.3, -0.25) is 4.79 Å². The van der Waals surface area contributed by atoms with Gasteiger partial charge >= 0.3 is 0 Å². The Hall–Kier alpha value is -1.52. The molecule has 0 unspecified atom stereocenters. The number of benzene rings is 1. The fourth-order valence-corrected chi connectivity index (χ4v) is 4.28. The fourth-order valence-electron chi connectivity index (χ4n) is 2.88. The van der Waals surface area contributed by atoms with Gasteiger partial charge in [-0.1, -0.05) is 29.8 Å². The first-order valence-corrected chi connectivity index (χ1v) is 8.71. The summed E-state index contributed by atoms with van der Waals surface area (Å²) in [5.74, 6) is 0.728. The number of aromatic nitrogens is 1. The number of halogens is 1. The molecule has 1 aromatic heterocycles. The molecule has 3 rings (SSSR count). The van der Waals surface area contributed by atoms with Crippen LogP contribution in [-0.2, 0) is 18.6 Å². The SMILES string of the molecule is N=Cc1c2c(c(SCc3ccccc3Cl)[nH]c1=O)CCCC2. The van der Waals surface area contributed by atoms with E-state index in [-0.39, 0.29) is 5.56 Å². The van der Waals surface area contributed by atoms with E-state index < -0.39 is 0 Å². The van der Waals surface area contributed by atoms with Crippen LogP contribution in [0.25, 0.3) is 0 Å². The van der Waals surface area contributed by atoms with E-state index >= 15 is 0 Å². The summed E-state index contributed by atoms with van der Waals surface area (Å²) < 4.78 is 0. The normalized spacial score (nSPS) is 13.7. The molecule has 1 aliphatic rings. The van der Waals surface area contributed by atoms with Gasteiger partial charge in [0.1, 0.15) is 0 Å². The third kappa shape index (κ3) is 2.99. The lowest BCUT2D eigenvalue weighted by molar-refractivity contribution is 0.664. The summed E-state index contributed by atoms with van der Waals surface area (Å²) >= 11 is 7.82. The van der Waals surface area contributed by atoms with Crippen molar-refractivity contribution in [3.05, 3.63) is 61.9 Å².